The predicted molar refractivity (Wildman–Crippen MR) is 135 cm³/mol. The first-order valence-corrected chi connectivity index (χ1v) is 14.0. The predicted octanol–water partition coefficient (Wildman–Crippen LogP) is 5.08. The van der Waals surface area contributed by atoms with Crippen LogP contribution in [-0.2, 0) is 0 Å². The van der Waals surface area contributed by atoms with E-state index in [4.69, 9.17) is 0 Å². The van der Waals surface area contributed by atoms with Gasteiger partial charge in [-0.15, -0.1) is 0 Å². The van der Waals surface area contributed by atoms with Crippen molar-refractivity contribution in [2.45, 2.75) is 112 Å². The number of rotatable bonds is 2. The van der Waals surface area contributed by atoms with E-state index < -0.39 is 11.5 Å². The Morgan fingerprint density at radius 3 is 2.12 bits per heavy atom. The van der Waals surface area contributed by atoms with Crippen molar-refractivity contribution < 1.29 is 20.4 Å². The SMILES string of the molecule is C[C@@]1(CO)C[C@@H](O)[C@]2(C)CC[C@]3(C)C(=CC[C@@H]4[C@@]5(C)CC[C@H](O)[C@](C)(CO)[C@@H]5CC[C@]43C)[C@@H]2C1. The molecule has 0 bridgehead atoms. The average molecular weight is 475 g/mol. The molecule has 4 N–H and O–H groups in total. The summed E-state index contributed by atoms with van der Waals surface area (Å²) >= 11 is 0. The molecule has 4 saturated carbocycles. The molecule has 5 aliphatic carbocycles. The van der Waals surface area contributed by atoms with Crippen LogP contribution in [0.15, 0.2) is 11.6 Å². The molecule has 11 atom stereocenters. The molecule has 0 unspecified atom stereocenters. The van der Waals surface area contributed by atoms with Gasteiger partial charge in [0.1, 0.15) is 0 Å². The summed E-state index contributed by atoms with van der Waals surface area (Å²) in [6, 6.07) is 0. The van der Waals surface area contributed by atoms with Crippen LogP contribution in [0.5, 0.6) is 0 Å². The highest BCUT2D eigenvalue weighted by atomic mass is 16.3. The molecule has 0 heterocycles. The molecule has 0 aromatic carbocycles. The molecule has 0 radical (unpaired) electrons. The summed E-state index contributed by atoms with van der Waals surface area (Å²) in [7, 11) is 0. The molecular formula is C30H50O4. The Balaban J connectivity index is 1.58. The van der Waals surface area contributed by atoms with Gasteiger partial charge in [0.2, 0.25) is 0 Å². The third kappa shape index (κ3) is 2.92. The van der Waals surface area contributed by atoms with Crippen LogP contribution in [0, 0.1) is 50.2 Å². The number of aliphatic hydroxyl groups excluding tert-OH is 4. The van der Waals surface area contributed by atoms with Gasteiger partial charge >= 0.3 is 0 Å². The Morgan fingerprint density at radius 2 is 1.47 bits per heavy atom. The van der Waals surface area contributed by atoms with E-state index in [2.05, 4.69) is 47.6 Å². The highest BCUT2D eigenvalue weighted by Gasteiger charge is 2.69. The molecule has 0 aromatic rings. The van der Waals surface area contributed by atoms with Crippen molar-refractivity contribution in [3.8, 4) is 0 Å². The van der Waals surface area contributed by atoms with Crippen molar-refractivity contribution in [3.63, 3.8) is 0 Å². The minimum atomic E-state index is -0.416. The Labute approximate surface area is 207 Å². The van der Waals surface area contributed by atoms with Crippen molar-refractivity contribution in [1.82, 2.24) is 0 Å². The van der Waals surface area contributed by atoms with Crippen LogP contribution >= 0.6 is 0 Å². The van der Waals surface area contributed by atoms with Gasteiger partial charge in [-0.3, -0.25) is 0 Å². The quantitative estimate of drug-likeness (QED) is 0.421. The fourth-order valence-electron chi connectivity index (χ4n) is 10.7. The van der Waals surface area contributed by atoms with Gasteiger partial charge in [-0.05, 0) is 97.2 Å². The second-order valence-electron chi connectivity index (χ2n) is 15.0. The maximum absolute atomic E-state index is 11.3. The largest absolute Gasteiger partial charge is 0.396 e. The van der Waals surface area contributed by atoms with Crippen LogP contribution < -0.4 is 0 Å². The van der Waals surface area contributed by atoms with Gasteiger partial charge in [0.15, 0.2) is 0 Å². The first-order valence-electron chi connectivity index (χ1n) is 14.0. The second-order valence-corrected chi connectivity index (χ2v) is 15.0. The summed E-state index contributed by atoms with van der Waals surface area (Å²) in [5.74, 6) is 1.20. The Morgan fingerprint density at radius 1 is 0.765 bits per heavy atom. The number of hydrogen-bond donors (Lipinski definition) is 4. The standard InChI is InChI=1S/C30H50O4/c1-25(17-31)15-20-19-7-8-22-27(3)11-10-23(33)28(4,18-32)21(27)9-12-30(22,6)29(19,5)14-13-26(20,2)24(34)16-25/h7,20-24,31-34H,8-18H2,1-6H3/t20-,21+,22+,23-,24+,25-,26+,27-,28+,29+,30+/m0/s1. The molecule has 0 amide bonds. The molecule has 5 rings (SSSR count). The average Bonchev–Trinajstić information content (AvgIpc) is 2.79. The highest BCUT2D eigenvalue weighted by molar-refractivity contribution is 5.34. The van der Waals surface area contributed by atoms with Crippen molar-refractivity contribution in [1.29, 1.82) is 0 Å². The Hall–Kier alpha value is -0.420. The van der Waals surface area contributed by atoms with E-state index in [1.54, 1.807) is 5.57 Å². The molecular weight excluding hydrogens is 424 g/mol. The van der Waals surface area contributed by atoms with E-state index in [-0.39, 0.29) is 46.4 Å². The number of hydrogen-bond acceptors (Lipinski definition) is 4. The topological polar surface area (TPSA) is 80.9 Å². The summed E-state index contributed by atoms with van der Waals surface area (Å²) in [5.41, 5.74) is 1.21. The van der Waals surface area contributed by atoms with Crippen LogP contribution in [0.1, 0.15) is 99.3 Å². The van der Waals surface area contributed by atoms with Gasteiger partial charge in [0.25, 0.3) is 0 Å². The van der Waals surface area contributed by atoms with Gasteiger partial charge in [0, 0.05) is 17.4 Å². The zero-order valence-electron chi connectivity index (χ0n) is 22.5. The van der Waals surface area contributed by atoms with Gasteiger partial charge in [-0.1, -0.05) is 53.2 Å². The Kier molecular flexibility index (Phi) is 5.61. The van der Waals surface area contributed by atoms with Gasteiger partial charge in [-0.25, -0.2) is 0 Å². The maximum atomic E-state index is 11.3. The van der Waals surface area contributed by atoms with E-state index in [0.717, 1.165) is 51.4 Å². The smallest absolute Gasteiger partial charge is 0.0618 e. The molecule has 4 fully saturated rings. The van der Waals surface area contributed by atoms with Crippen molar-refractivity contribution >= 4 is 0 Å². The lowest BCUT2D eigenvalue weighted by Gasteiger charge is -2.71. The first-order chi connectivity index (χ1) is 15.7. The fraction of sp³-hybridized carbons (Fsp3) is 0.933. The molecule has 34 heavy (non-hydrogen) atoms. The molecule has 5 aliphatic rings. The van der Waals surface area contributed by atoms with E-state index in [1.165, 1.54) is 0 Å². The third-order valence-electron chi connectivity index (χ3n) is 13.5. The van der Waals surface area contributed by atoms with Gasteiger partial charge in [0.05, 0.1) is 18.8 Å². The van der Waals surface area contributed by atoms with Crippen LogP contribution in [0.3, 0.4) is 0 Å². The molecule has 194 valence electrons. The monoisotopic (exact) mass is 474 g/mol. The summed E-state index contributed by atoms with van der Waals surface area (Å²) in [6.45, 7) is 14.3. The molecule has 4 nitrogen and oxygen atoms in total. The van der Waals surface area contributed by atoms with Crippen molar-refractivity contribution in [2.24, 2.45) is 50.2 Å². The van der Waals surface area contributed by atoms with Crippen LogP contribution in [0.4, 0.5) is 0 Å². The van der Waals surface area contributed by atoms with Crippen LogP contribution in [0.25, 0.3) is 0 Å². The normalized spacial score (nSPS) is 59.2. The summed E-state index contributed by atoms with van der Waals surface area (Å²) in [6.07, 6.45) is 10.7. The van der Waals surface area contributed by atoms with Crippen LogP contribution in [-0.4, -0.2) is 45.8 Å². The molecule has 0 spiro atoms. The lowest BCUT2D eigenvalue weighted by atomic mass is 9.33. The first kappa shape index (κ1) is 25.2. The zero-order valence-corrected chi connectivity index (χ0v) is 22.5. The highest BCUT2D eigenvalue weighted by Crippen LogP contribution is 2.75. The van der Waals surface area contributed by atoms with E-state index in [0.29, 0.717) is 24.2 Å². The van der Waals surface area contributed by atoms with E-state index >= 15 is 0 Å². The number of aliphatic hydroxyl groups is 4. The Bertz CT molecular complexity index is 870. The molecule has 0 saturated heterocycles. The lowest BCUT2D eigenvalue weighted by molar-refractivity contribution is -0.219. The zero-order chi connectivity index (χ0) is 24.9. The number of allylic oxidation sites excluding steroid dienone is 2. The van der Waals surface area contributed by atoms with E-state index in [1.807, 2.05) is 0 Å². The third-order valence-corrected chi connectivity index (χ3v) is 13.5. The lowest BCUT2D eigenvalue weighted by Crippen LogP contribution is -2.66. The van der Waals surface area contributed by atoms with Crippen molar-refractivity contribution in [3.05, 3.63) is 11.6 Å². The van der Waals surface area contributed by atoms with Gasteiger partial charge in [-0.2, -0.15) is 0 Å². The van der Waals surface area contributed by atoms with Crippen LogP contribution in [0.2, 0.25) is 0 Å². The minimum absolute atomic E-state index is 0.0638. The second kappa shape index (κ2) is 7.55. The molecule has 0 aliphatic heterocycles. The van der Waals surface area contributed by atoms with Crippen molar-refractivity contribution in [2.75, 3.05) is 13.2 Å². The fourth-order valence-corrected chi connectivity index (χ4v) is 10.7. The maximum Gasteiger partial charge on any atom is 0.0618 e. The summed E-state index contributed by atoms with van der Waals surface area (Å²) in [4.78, 5) is 0. The minimum Gasteiger partial charge on any atom is -0.396 e. The summed E-state index contributed by atoms with van der Waals surface area (Å²) < 4.78 is 0. The van der Waals surface area contributed by atoms with Gasteiger partial charge < -0.3 is 20.4 Å². The molecule has 4 heteroatoms. The molecule has 0 aromatic heterocycles. The number of fused-ring (bicyclic) bond motifs is 7. The summed E-state index contributed by atoms with van der Waals surface area (Å²) in [5, 5.41) is 42.9. The van der Waals surface area contributed by atoms with E-state index in [9.17, 15) is 20.4 Å².